The fourth-order valence-corrected chi connectivity index (χ4v) is 2.41. The number of carbonyl (C=O) groups is 1. The molecule has 2 N–H and O–H groups in total. The summed E-state index contributed by atoms with van der Waals surface area (Å²) in [4.78, 5) is 13.0. The van der Waals surface area contributed by atoms with Crippen LogP contribution in [-0.2, 0) is 6.54 Å². The molecule has 1 aromatic rings. The number of aliphatic hydroxyl groups is 1. The highest BCUT2D eigenvalue weighted by Crippen LogP contribution is 2.20. The monoisotopic (exact) mass is 268 g/mol. The van der Waals surface area contributed by atoms with E-state index in [1.165, 1.54) is 6.20 Å². The van der Waals surface area contributed by atoms with Crippen LogP contribution in [0.5, 0.6) is 0 Å². The van der Waals surface area contributed by atoms with Crippen molar-refractivity contribution in [3.63, 3.8) is 0 Å². The Hall–Kier alpha value is -1.47. The molecule has 0 aliphatic carbocycles. The Balaban J connectivity index is 1.75. The summed E-state index contributed by atoms with van der Waals surface area (Å²) in [5, 5.41) is 25.6. The Morgan fingerprint density at radius 1 is 1.47 bits per heavy atom. The molecule has 0 bridgehead atoms. The highest BCUT2D eigenvalue weighted by molar-refractivity contribution is 5.84. The number of hydrogen-bond acceptors (Lipinski definition) is 5. The fraction of sp³-hybridized carbons (Fsp3) is 0.750. The lowest BCUT2D eigenvalue weighted by Gasteiger charge is -2.33. The number of hydrogen-bond donors (Lipinski definition) is 2. The second-order valence-corrected chi connectivity index (χ2v) is 5.09. The summed E-state index contributed by atoms with van der Waals surface area (Å²) in [7, 11) is 0. The molecular weight excluding hydrogens is 248 g/mol. The second kappa shape index (κ2) is 6.12. The minimum atomic E-state index is -1.05. The lowest BCUT2D eigenvalue weighted by Crippen LogP contribution is -2.38. The molecule has 1 aliphatic rings. The number of likely N-dealkylation sites (tertiary alicyclic amines) is 1. The molecule has 1 unspecified atom stereocenters. The van der Waals surface area contributed by atoms with Gasteiger partial charge in [-0.1, -0.05) is 5.21 Å². The summed E-state index contributed by atoms with van der Waals surface area (Å²) in [6.45, 7) is 5.25. The van der Waals surface area contributed by atoms with Gasteiger partial charge in [-0.3, -0.25) is 4.68 Å². The summed E-state index contributed by atoms with van der Waals surface area (Å²) < 4.78 is 1.56. The Labute approximate surface area is 111 Å². The van der Waals surface area contributed by atoms with Gasteiger partial charge in [-0.05, 0) is 38.8 Å². The van der Waals surface area contributed by atoms with Gasteiger partial charge in [-0.2, -0.15) is 0 Å². The van der Waals surface area contributed by atoms with Gasteiger partial charge in [0, 0.05) is 6.54 Å². The molecule has 1 atom stereocenters. The van der Waals surface area contributed by atoms with Crippen LogP contribution in [0.15, 0.2) is 6.20 Å². The number of aromatic carboxylic acids is 1. The lowest BCUT2D eigenvalue weighted by molar-refractivity contribution is 0.0690. The van der Waals surface area contributed by atoms with E-state index in [1.54, 1.807) is 4.68 Å². The zero-order valence-corrected chi connectivity index (χ0v) is 11.1. The average molecular weight is 268 g/mol. The first-order valence-corrected chi connectivity index (χ1v) is 6.60. The van der Waals surface area contributed by atoms with E-state index in [2.05, 4.69) is 15.2 Å². The molecule has 2 rings (SSSR count). The number of rotatable bonds is 5. The van der Waals surface area contributed by atoms with Gasteiger partial charge < -0.3 is 15.1 Å². The van der Waals surface area contributed by atoms with Gasteiger partial charge in [0.05, 0.1) is 18.8 Å². The third-order valence-electron chi connectivity index (χ3n) is 3.72. The minimum Gasteiger partial charge on any atom is -0.476 e. The first-order valence-electron chi connectivity index (χ1n) is 6.60. The number of aromatic nitrogens is 3. The van der Waals surface area contributed by atoms with Crippen molar-refractivity contribution < 1.29 is 15.0 Å². The Bertz CT molecular complexity index is 424. The third-order valence-corrected chi connectivity index (χ3v) is 3.72. The molecule has 7 heteroatoms. The molecule has 106 valence electrons. The molecule has 0 spiro atoms. The molecule has 1 aliphatic heterocycles. The summed E-state index contributed by atoms with van der Waals surface area (Å²) in [5.74, 6) is -0.648. The van der Waals surface area contributed by atoms with Crippen molar-refractivity contribution in [2.24, 2.45) is 5.92 Å². The van der Waals surface area contributed by atoms with E-state index in [0.29, 0.717) is 12.5 Å². The van der Waals surface area contributed by atoms with Crippen molar-refractivity contribution >= 4 is 5.97 Å². The van der Waals surface area contributed by atoms with Crippen molar-refractivity contribution in [2.45, 2.75) is 32.4 Å². The third kappa shape index (κ3) is 3.74. The van der Waals surface area contributed by atoms with Gasteiger partial charge >= 0.3 is 5.97 Å². The van der Waals surface area contributed by atoms with E-state index in [0.717, 1.165) is 32.5 Å². The van der Waals surface area contributed by atoms with Gasteiger partial charge in [-0.15, -0.1) is 5.10 Å². The SMILES string of the molecule is CC(O)C1CCN(CCn2cc(C(=O)O)nn2)CC1. The van der Waals surface area contributed by atoms with Gasteiger partial charge in [0.2, 0.25) is 0 Å². The van der Waals surface area contributed by atoms with Crippen molar-refractivity contribution in [2.75, 3.05) is 19.6 Å². The van der Waals surface area contributed by atoms with Gasteiger partial charge in [0.15, 0.2) is 5.69 Å². The largest absolute Gasteiger partial charge is 0.476 e. The molecular formula is C12H20N4O3. The maximum Gasteiger partial charge on any atom is 0.358 e. The van der Waals surface area contributed by atoms with E-state index in [-0.39, 0.29) is 11.8 Å². The van der Waals surface area contributed by atoms with E-state index in [9.17, 15) is 9.90 Å². The van der Waals surface area contributed by atoms with Crippen molar-refractivity contribution in [3.8, 4) is 0 Å². The molecule has 0 aromatic carbocycles. The summed E-state index contributed by atoms with van der Waals surface area (Å²) in [5.41, 5.74) is -0.0205. The smallest absolute Gasteiger partial charge is 0.358 e. The topological polar surface area (TPSA) is 91.5 Å². The van der Waals surface area contributed by atoms with Crippen LogP contribution in [0.3, 0.4) is 0 Å². The summed E-state index contributed by atoms with van der Waals surface area (Å²) in [6, 6.07) is 0. The molecule has 0 amide bonds. The van der Waals surface area contributed by atoms with Crippen LogP contribution in [-0.4, -0.2) is 61.8 Å². The molecule has 19 heavy (non-hydrogen) atoms. The molecule has 0 saturated carbocycles. The first-order chi connectivity index (χ1) is 9.06. The van der Waals surface area contributed by atoms with Crippen LogP contribution >= 0.6 is 0 Å². The predicted octanol–water partition coefficient (Wildman–Crippen LogP) is 0.0691. The van der Waals surface area contributed by atoms with E-state index in [1.807, 2.05) is 6.92 Å². The van der Waals surface area contributed by atoms with Gasteiger partial charge in [0.1, 0.15) is 0 Å². The Morgan fingerprint density at radius 2 is 2.16 bits per heavy atom. The van der Waals surface area contributed by atoms with Gasteiger partial charge in [0.25, 0.3) is 0 Å². The standard InChI is InChI=1S/C12H20N4O3/c1-9(17)10-2-4-15(5-3-10)6-7-16-8-11(12(18)19)13-14-16/h8-10,17H,2-7H2,1H3,(H,18,19). The number of piperidine rings is 1. The maximum atomic E-state index is 10.7. The zero-order chi connectivity index (χ0) is 13.8. The van der Waals surface area contributed by atoms with Crippen LogP contribution < -0.4 is 0 Å². The second-order valence-electron chi connectivity index (χ2n) is 5.09. The average Bonchev–Trinajstić information content (AvgIpc) is 2.86. The number of carboxylic acid groups (broad SMARTS) is 1. The lowest BCUT2D eigenvalue weighted by atomic mass is 9.92. The van der Waals surface area contributed by atoms with Gasteiger partial charge in [-0.25, -0.2) is 4.79 Å². The predicted molar refractivity (Wildman–Crippen MR) is 67.8 cm³/mol. The number of carboxylic acids is 1. The highest BCUT2D eigenvalue weighted by atomic mass is 16.4. The molecule has 7 nitrogen and oxygen atoms in total. The zero-order valence-electron chi connectivity index (χ0n) is 11.1. The Morgan fingerprint density at radius 3 is 2.68 bits per heavy atom. The van der Waals surface area contributed by atoms with Crippen LogP contribution in [0.2, 0.25) is 0 Å². The number of aliphatic hydroxyl groups excluding tert-OH is 1. The first kappa shape index (κ1) is 14.0. The van der Waals surface area contributed by atoms with Crippen LogP contribution in [0.4, 0.5) is 0 Å². The highest BCUT2D eigenvalue weighted by Gasteiger charge is 2.22. The fourth-order valence-electron chi connectivity index (χ4n) is 2.41. The normalized spacial score (nSPS) is 19.5. The maximum absolute atomic E-state index is 10.7. The van der Waals surface area contributed by atoms with Crippen molar-refractivity contribution in [1.82, 2.24) is 19.9 Å². The van der Waals surface area contributed by atoms with Crippen molar-refractivity contribution in [3.05, 3.63) is 11.9 Å². The molecule has 1 saturated heterocycles. The Kier molecular flexibility index (Phi) is 4.49. The summed E-state index contributed by atoms with van der Waals surface area (Å²) >= 11 is 0. The van der Waals surface area contributed by atoms with Crippen LogP contribution in [0, 0.1) is 5.92 Å². The van der Waals surface area contributed by atoms with E-state index >= 15 is 0 Å². The molecule has 0 radical (unpaired) electrons. The van der Waals surface area contributed by atoms with E-state index in [4.69, 9.17) is 5.11 Å². The van der Waals surface area contributed by atoms with Crippen molar-refractivity contribution in [1.29, 1.82) is 0 Å². The molecule has 1 aromatic heterocycles. The van der Waals surface area contributed by atoms with E-state index < -0.39 is 5.97 Å². The quantitative estimate of drug-likeness (QED) is 0.785. The van der Waals surface area contributed by atoms with Crippen LogP contribution in [0.1, 0.15) is 30.3 Å². The minimum absolute atomic E-state index is 0.0205. The van der Waals surface area contributed by atoms with Crippen LogP contribution in [0.25, 0.3) is 0 Å². The molecule has 1 fully saturated rings. The number of nitrogens with zero attached hydrogens (tertiary/aromatic N) is 4. The summed E-state index contributed by atoms with van der Waals surface area (Å²) in [6.07, 6.45) is 3.24. The molecule has 2 heterocycles.